The van der Waals surface area contributed by atoms with Gasteiger partial charge in [0.15, 0.2) is 5.65 Å². The van der Waals surface area contributed by atoms with Gasteiger partial charge in [-0.2, -0.15) is 5.10 Å². The first-order chi connectivity index (χ1) is 14.5. The minimum Gasteiger partial charge on any atom is -0.497 e. The molecule has 0 aliphatic rings. The monoisotopic (exact) mass is 409 g/mol. The number of nitrogens with zero attached hydrogens (tertiary/aromatic N) is 4. The molecule has 30 heavy (non-hydrogen) atoms. The molecular formula is C20H16FN5O4. The third kappa shape index (κ3) is 3.34. The van der Waals surface area contributed by atoms with Gasteiger partial charge >= 0.3 is 0 Å². The zero-order valence-corrected chi connectivity index (χ0v) is 16.0. The van der Waals surface area contributed by atoms with Crippen molar-refractivity contribution in [2.24, 2.45) is 0 Å². The Kier molecular flexibility index (Phi) is 4.88. The quantitative estimate of drug-likeness (QED) is 0.542. The summed E-state index contributed by atoms with van der Waals surface area (Å²) in [4.78, 5) is 29.7. The Hall–Kier alpha value is -4.21. The number of rotatable bonds is 5. The molecule has 0 saturated carbocycles. The maximum absolute atomic E-state index is 13.2. The van der Waals surface area contributed by atoms with Crippen LogP contribution in [0.15, 0.2) is 59.8 Å². The molecule has 0 atom stereocenters. The molecular weight excluding hydrogens is 393 g/mol. The van der Waals surface area contributed by atoms with Gasteiger partial charge in [0.25, 0.3) is 11.5 Å². The second-order valence-electron chi connectivity index (χ2n) is 6.20. The first kappa shape index (κ1) is 19.1. The number of aromatic nitrogens is 4. The summed E-state index contributed by atoms with van der Waals surface area (Å²) in [6.07, 6.45) is 2.52. The summed E-state index contributed by atoms with van der Waals surface area (Å²) < 4.78 is 25.9. The number of amides is 1. The van der Waals surface area contributed by atoms with E-state index in [-0.39, 0.29) is 28.2 Å². The molecule has 152 valence electrons. The van der Waals surface area contributed by atoms with Crippen molar-refractivity contribution >= 4 is 16.9 Å². The first-order valence-corrected chi connectivity index (χ1v) is 8.76. The highest BCUT2D eigenvalue weighted by molar-refractivity contribution is 6.02. The van der Waals surface area contributed by atoms with Crippen molar-refractivity contribution in [2.75, 3.05) is 19.6 Å². The Bertz CT molecular complexity index is 1300. The SMILES string of the molecule is COc1ccc(C(=O)Nn2cnc3c(cnn3-c3ccc(F)cc3)c2=O)c(OC)c1. The van der Waals surface area contributed by atoms with Crippen LogP contribution in [-0.2, 0) is 0 Å². The summed E-state index contributed by atoms with van der Waals surface area (Å²) in [7, 11) is 2.93. The summed E-state index contributed by atoms with van der Waals surface area (Å²) in [6.45, 7) is 0. The Balaban J connectivity index is 1.68. The topological polar surface area (TPSA) is 100 Å². The van der Waals surface area contributed by atoms with E-state index in [9.17, 15) is 14.0 Å². The lowest BCUT2D eigenvalue weighted by Gasteiger charge is -2.12. The maximum atomic E-state index is 13.2. The van der Waals surface area contributed by atoms with Gasteiger partial charge in [0.1, 0.15) is 29.0 Å². The molecule has 0 bridgehead atoms. The summed E-state index contributed by atoms with van der Waals surface area (Å²) in [5.41, 5.74) is 3.00. The van der Waals surface area contributed by atoms with E-state index in [2.05, 4.69) is 15.5 Å². The number of hydrogen-bond acceptors (Lipinski definition) is 6. The zero-order valence-electron chi connectivity index (χ0n) is 16.0. The van der Waals surface area contributed by atoms with E-state index in [0.717, 1.165) is 4.68 Å². The van der Waals surface area contributed by atoms with Crippen LogP contribution in [0.1, 0.15) is 10.4 Å². The van der Waals surface area contributed by atoms with E-state index < -0.39 is 11.5 Å². The minimum absolute atomic E-state index is 0.184. The van der Waals surface area contributed by atoms with Crippen molar-refractivity contribution in [2.45, 2.75) is 0 Å². The molecule has 0 spiro atoms. The predicted molar refractivity (Wildman–Crippen MR) is 106 cm³/mol. The lowest BCUT2D eigenvalue weighted by Crippen LogP contribution is -2.33. The fraction of sp³-hybridized carbons (Fsp3) is 0.100. The van der Waals surface area contributed by atoms with E-state index >= 15 is 0 Å². The third-order valence-corrected chi connectivity index (χ3v) is 4.44. The number of halogens is 1. The molecule has 4 aromatic rings. The maximum Gasteiger partial charge on any atom is 0.283 e. The number of benzene rings is 2. The van der Waals surface area contributed by atoms with Gasteiger partial charge in [-0.15, -0.1) is 0 Å². The Morgan fingerprint density at radius 3 is 2.57 bits per heavy atom. The number of ether oxygens (including phenoxy) is 2. The van der Waals surface area contributed by atoms with Crippen LogP contribution >= 0.6 is 0 Å². The highest BCUT2D eigenvalue weighted by atomic mass is 19.1. The molecule has 0 aliphatic carbocycles. The number of hydrogen-bond donors (Lipinski definition) is 1. The molecule has 0 unspecified atom stereocenters. The number of nitrogens with one attached hydrogen (secondary N) is 1. The second kappa shape index (κ2) is 7.66. The van der Waals surface area contributed by atoms with Gasteiger partial charge < -0.3 is 9.47 Å². The third-order valence-electron chi connectivity index (χ3n) is 4.44. The fourth-order valence-corrected chi connectivity index (χ4v) is 2.92. The van der Waals surface area contributed by atoms with Crippen molar-refractivity contribution in [1.82, 2.24) is 19.4 Å². The number of fused-ring (bicyclic) bond motifs is 1. The Morgan fingerprint density at radius 2 is 1.87 bits per heavy atom. The number of methoxy groups -OCH3 is 2. The normalized spacial score (nSPS) is 10.8. The van der Waals surface area contributed by atoms with Crippen molar-refractivity contribution in [3.63, 3.8) is 0 Å². The van der Waals surface area contributed by atoms with Crippen molar-refractivity contribution in [1.29, 1.82) is 0 Å². The lowest BCUT2D eigenvalue weighted by molar-refractivity contribution is 0.100. The molecule has 2 heterocycles. The fourth-order valence-electron chi connectivity index (χ4n) is 2.92. The van der Waals surface area contributed by atoms with E-state index in [4.69, 9.17) is 9.47 Å². The standard InChI is InChI=1S/C20H16FN5O4/c1-29-14-7-8-15(17(9-14)30-2)19(27)24-25-11-22-18-16(20(25)28)10-23-26(18)13-5-3-12(21)4-6-13/h3-11H,1-2H3,(H,24,27). The smallest absolute Gasteiger partial charge is 0.283 e. The van der Waals surface area contributed by atoms with E-state index in [1.54, 1.807) is 12.1 Å². The average Bonchev–Trinajstić information content (AvgIpc) is 3.20. The predicted octanol–water partition coefficient (Wildman–Crippen LogP) is 2.12. The van der Waals surface area contributed by atoms with Crippen LogP contribution in [0.5, 0.6) is 11.5 Å². The molecule has 4 rings (SSSR count). The van der Waals surface area contributed by atoms with Crippen molar-refractivity contribution < 1.29 is 18.7 Å². The summed E-state index contributed by atoms with van der Waals surface area (Å²) in [6, 6.07) is 10.3. The molecule has 0 fully saturated rings. The van der Waals surface area contributed by atoms with Crippen LogP contribution < -0.4 is 20.5 Å². The molecule has 0 aliphatic heterocycles. The molecule has 1 amide bonds. The molecule has 9 nitrogen and oxygen atoms in total. The minimum atomic E-state index is -0.566. The van der Waals surface area contributed by atoms with Gasteiger partial charge in [-0.3, -0.25) is 15.0 Å². The summed E-state index contributed by atoms with van der Waals surface area (Å²) in [5, 5.41) is 4.34. The van der Waals surface area contributed by atoms with Crippen LogP contribution in [0.4, 0.5) is 4.39 Å². The van der Waals surface area contributed by atoms with Crippen molar-refractivity contribution in [3.8, 4) is 17.2 Å². The number of carbonyl (C=O) groups is 1. The largest absolute Gasteiger partial charge is 0.497 e. The van der Waals surface area contributed by atoms with Gasteiger partial charge in [-0.1, -0.05) is 0 Å². The van der Waals surface area contributed by atoms with Crippen LogP contribution in [-0.4, -0.2) is 39.6 Å². The average molecular weight is 409 g/mol. The van der Waals surface area contributed by atoms with Crippen molar-refractivity contribution in [3.05, 3.63) is 76.7 Å². The van der Waals surface area contributed by atoms with Gasteiger partial charge in [-0.25, -0.2) is 18.7 Å². The van der Waals surface area contributed by atoms with E-state index in [1.165, 1.54) is 61.8 Å². The second-order valence-corrected chi connectivity index (χ2v) is 6.20. The van der Waals surface area contributed by atoms with Gasteiger partial charge in [0, 0.05) is 6.07 Å². The van der Waals surface area contributed by atoms with Gasteiger partial charge in [0.05, 0.1) is 31.7 Å². The molecule has 0 saturated heterocycles. The van der Waals surface area contributed by atoms with Crippen LogP contribution in [0.25, 0.3) is 16.7 Å². The molecule has 10 heteroatoms. The van der Waals surface area contributed by atoms with Gasteiger partial charge in [-0.05, 0) is 36.4 Å². The summed E-state index contributed by atoms with van der Waals surface area (Å²) in [5.74, 6) is -0.138. The molecule has 2 aromatic heterocycles. The zero-order chi connectivity index (χ0) is 21.3. The Morgan fingerprint density at radius 1 is 1.10 bits per heavy atom. The lowest BCUT2D eigenvalue weighted by atomic mass is 10.2. The van der Waals surface area contributed by atoms with E-state index in [1.807, 2.05) is 0 Å². The van der Waals surface area contributed by atoms with Crippen LogP contribution in [0, 0.1) is 5.82 Å². The van der Waals surface area contributed by atoms with Crippen LogP contribution in [0.3, 0.4) is 0 Å². The molecule has 1 N–H and O–H groups in total. The molecule has 2 aromatic carbocycles. The first-order valence-electron chi connectivity index (χ1n) is 8.76. The van der Waals surface area contributed by atoms with Crippen LogP contribution in [0.2, 0.25) is 0 Å². The summed E-state index contributed by atoms with van der Waals surface area (Å²) >= 11 is 0. The molecule has 0 radical (unpaired) electrons. The highest BCUT2D eigenvalue weighted by Gasteiger charge is 2.16. The van der Waals surface area contributed by atoms with E-state index in [0.29, 0.717) is 11.4 Å². The highest BCUT2D eigenvalue weighted by Crippen LogP contribution is 2.24. The Labute approximate surface area is 169 Å². The number of carbonyl (C=O) groups excluding carboxylic acids is 1. The van der Waals surface area contributed by atoms with Gasteiger partial charge in [0.2, 0.25) is 0 Å².